The highest BCUT2D eigenvalue weighted by Crippen LogP contribution is 2.43. The summed E-state index contributed by atoms with van der Waals surface area (Å²) in [4.78, 5) is 35.0. The van der Waals surface area contributed by atoms with E-state index < -0.39 is 26.5 Å². The van der Waals surface area contributed by atoms with Gasteiger partial charge in [-0.1, -0.05) is 262 Å². The van der Waals surface area contributed by atoms with Crippen molar-refractivity contribution in [2.24, 2.45) is 5.73 Å². The Bertz CT molecular complexity index is 1300. The Balaban J connectivity index is 3.74. The van der Waals surface area contributed by atoms with E-state index in [9.17, 15) is 19.0 Å². The Kier molecular flexibility index (Phi) is 55.6. The van der Waals surface area contributed by atoms with Gasteiger partial charge in [-0.2, -0.15) is 0 Å². The normalized spacial score (nSPS) is 13.4. The maximum atomic E-state index is 12.6. The fourth-order valence-corrected chi connectivity index (χ4v) is 9.53. The summed E-state index contributed by atoms with van der Waals surface area (Å²) < 4.78 is 32.9. The number of hydrogen-bond acceptors (Lipinski definition) is 8. The smallest absolute Gasteiger partial charge is 0.462 e. The molecule has 0 aliphatic rings. The van der Waals surface area contributed by atoms with E-state index in [1.807, 2.05) is 0 Å². The highest BCUT2D eigenvalue weighted by molar-refractivity contribution is 7.47. The molecule has 9 nitrogen and oxygen atoms in total. The second kappa shape index (κ2) is 57.3. The Hall–Kier alpha value is -2.03. The zero-order chi connectivity index (χ0) is 51.7. The van der Waals surface area contributed by atoms with Crippen molar-refractivity contribution in [2.75, 3.05) is 26.4 Å². The van der Waals surface area contributed by atoms with Crippen LogP contribution in [0.4, 0.5) is 0 Å². The molecule has 0 spiro atoms. The number of phosphoric acid groups is 1. The molecule has 0 rings (SSSR count). The molecule has 10 heteroatoms. The van der Waals surface area contributed by atoms with Crippen LogP contribution in [0, 0.1) is 0 Å². The predicted molar refractivity (Wildman–Crippen MR) is 303 cm³/mol. The highest BCUT2D eigenvalue weighted by atomic mass is 31.2. The van der Waals surface area contributed by atoms with Gasteiger partial charge in [-0.3, -0.25) is 18.6 Å². The Morgan fingerprint density at radius 3 is 1.18 bits per heavy atom. The van der Waals surface area contributed by atoms with Crippen LogP contribution in [0.1, 0.15) is 296 Å². The molecule has 0 radical (unpaired) electrons. The summed E-state index contributed by atoms with van der Waals surface area (Å²) in [7, 11) is -4.39. The summed E-state index contributed by atoms with van der Waals surface area (Å²) in [5, 5.41) is 0. The quantitative estimate of drug-likeness (QED) is 0.0264. The van der Waals surface area contributed by atoms with E-state index in [1.165, 1.54) is 205 Å². The number of allylic oxidation sites excluding steroid dienone is 8. The Morgan fingerprint density at radius 2 is 0.775 bits per heavy atom. The van der Waals surface area contributed by atoms with Gasteiger partial charge in [-0.25, -0.2) is 4.57 Å². The number of phosphoric ester groups is 1. The molecule has 0 bridgehead atoms. The van der Waals surface area contributed by atoms with Crippen LogP contribution in [0.5, 0.6) is 0 Å². The molecule has 0 aliphatic heterocycles. The average Bonchev–Trinajstić information content (AvgIpc) is 3.36. The number of rotatable bonds is 57. The number of unbranched alkanes of at least 4 members (excludes halogenated alkanes) is 36. The van der Waals surface area contributed by atoms with Gasteiger partial charge in [0.05, 0.1) is 13.2 Å². The molecule has 0 amide bonds. The molecule has 3 N–H and O–H groups in total. The molecule has 0 fully saturated rings. The summed E-state index contributed by atoms with van der Waals surface area (Å²) in [5.41, 5.74) is 5.37. The molecule has 2 atom stereocenters. The number of nitrogens with two attached hydrogens (primary N) is 1. The molecule has 0 saturated carbocycles. The van der Waals surface area contributed by atoms with Crippen molar-refractivity contribution in [3.63, 3.8) is 0 Å². The van der Waals surface area contributed by atoms with Crippen molar-refractivity contribution in [3.8, 4) is 0 Å². The third-order valence-corrected chi connectivity index (χ3v) is 14.2. The Morgan fingerprint density at radius 1 is 0.437 bits per heavy atom. The third kappa shape index (κ3) is 57.1. The van der Waals surface area contributed by atoms with E-state index >= 15 is 0 Å². The monoisotopic (exact) mass is 1020 g/mol. The molecule has 0 aromatic rings. The molecule has 0 aromatic carbocycles. The summed E-state index contributed by atoms with van der Waals surface area (Å²) in [5.74, 6) is -0.853. The Labute approximate surface area is 438 Å². The summed E-state index contributed by atoms with van der Waals surface area (Å²) >= 11 is 0. The van der Waals surface area contributed by atoms with Crippen molar-refractivity contribution in [3.05, 3.63) is 48.6 Å². The summed E-state index contributed by atoms with van der Waals surface area (Å²) in [6.07, 6.45) is 70.8. The predicted octanol–water partition coefficient (Wildman–Crippen LogP) is 19.0. The first-order chi connectivity index (χ1) is 34.8. The lowest BCUT2D eigenvalue weighted by Gasteiger charge is -2.19. The van der Waals surface area contributed by atoms with Crippen molar-refractivity contribution >= 4 is 19.8 Å². The molecule has 2 unspecified atom stereocenters. The van der Waals surface area contributed by atoms with Gasteiger partial charge in [0.2, 0.25) is 0 Å². The van der Waals surface area contributed by atoms with Gasteiger partial charge in [-0.05, 0) is 70.6 Å². The number of ether oxygens (including phenoxy) is 2. The lowest BCUT2D eigenvalue weighted by molar-refractivity contribution is -0.161. The van der Waals surface area contributed by atoms with Crippen LogP contribution < -0.4 is 5.73 Å². The largest absolute Gasteiger partial charge is 0.472 e. The van der Waals surface area contributed by atoms with E-state index in [-0.39, 0.29) is 38.6 Å². The van der Waals surface area contributed by atoms with Gasteiger partial charge in [0.1, 0.15) is 6.61 Å². The second-order valence-electron chi connectivity index (χ2n) is 20.2. The van der Waals surface area contributed by atoms with Crippen molar-refractivity contribution < 1.29 is 37.6 Å². The maximum Gasteiger partial charge on any atom is 0.472 e. The van der Waals surface area contributed by atoms with Crippen LogP contribution in [-0.4, -0.2) is 49.3 Å². The number of hydrogen-bond donors (Lipinski definition) is 2. The van der Waals surface area contributed by atoms with Crippen LogP contribution in [0.3, 0.4) is 0 Å². The average molecular weight is 1020 g/mol. The number of carbonyl (C=O) groups is 2. The van der Waals surface area contributed by atoms with E-state index in [2.05, 4.69) is 62.5 Å². The van der Waals surface area contributed by atoms with Crippen LogP contribution in [0.15, 0.2) is 48.6 Å². The van der Waals surface area contributed by atoms with Crippen LogP contribution in [0.2, 0.25) is 0 Å². The third-order valence-electron chi connectivity index (χ3n) is 13.2. The SMILES string of the molecule is CC/C=C\C/C=C\C/C=C\CCCCCC(=O)OC(COC(=O)CCCCCCCCCCCCCCCCCCCCCCCCCCC/C=C\CCCCCCCCCC)COP(=O)(O)OCCN. The number of carbonyl (C=O) groups excluding carboxylic acids is 2. The molecular weight excluding hydrogens is 906 g/mol. The van der Waals surface area contributed by atoms with Gasteiger partial charge in [-0.15, -0.1) is 0 Å². The van der Waals surface area contributed by atoms with Gasteiger partial charge in [0.15, 0.2) is 6.10 Å². The minimum atomic E-state index is -4.39. The van der Waals surface area contributed by atoms with Gasteiger partial charge >= 0.3 is 19.8 Å². The summed E-state index contributed by atoms with van der Waals surface area (Å²) in [6, 6.07) is 0. The fourth-order valence-electron chi connectivity index (χ4n) is 8.77. The van der Waals surface area contributed by atoms with E-state index in [0.717, 1.165) is 57.8 Å². The van der Waals surface area contributed by atoms with Gasteiger partial charge in [0.25, 0.3) is 0 Å². The van der Waals surface area contributed by atoms with E-state index in [0.29, 0.717) is 6.42 Å². The molecule has 0 heterocycles. The van der Waals surface area contributed by atoms with Crippen molar-refractivity contribution in [1.82, 2.24) is 0 Å². The fraction of sp³-hybridized carbons (Fsp3) is 0.836. The lowest BCUT2D eigenvalue weighted by atomic mass is 10.0. The second-order valence-corrected chi connectivity index (χ2v) is 21.6. The lowest BCUT2D eigenvalue weighted by Crippen LogP contribution is -2.29. The highest BCUT2D eigenvalue weighted by Gasteiger charge is 2.26. The molecular formula is C61H114NO8P. The maximum absolute atomic E-state index is 12.6. The van der Waals surface area contributed by atoms with E-state index in [1.54, 1.807) is 0 Å². The molecule has 0 aromatic heterocycles. The van der Waals surface area contributed by atoms with Gasteiger partial charge in [0, 0.05) is 19.4 Å². The first kappa shape index (κ1) is 69.0. The van der Waals surface area contributed by atoms with Crippen LogP contribution in [-0.2, 0) is 32.7 Å². The first-order valence-corrected chi connectivity index (χ1v) is 31.6. The molecule has 0 saturated heterocycles. The number of esters is 2. The van der Waals surface area contributed by atoms with Crippen molar-refractivity contribution in [2.45, 2.75) is 302 Å². The molecule has 0 aliphatic carbocycles. The molecule has 71 heavy (non-hydrogen) atoms. The minimum absolute atomic E-state index is 0.0484. The minimum Gasteiger partial charge on any atom is -0.462 e. The topological polar surface area (TPSA) is 134 Å². The van der Waals surface area contributed by atoms with Crippen molar-refractivity contribution in [1.29, 1.82) is 0 Å². The van der Waals surface area contributed by atoms with Crippen LogP contribution in [0.25, 0.3) is 0 Å². The first-order valence-electron chi connectivity index (χ1n) is 30.1. The van der Waals surface area contributed by atoms with Crippen LogP contribution >= 0.6 is 7.82 Å². The standard InChI is InChI=1S/C61H114NO8P/c1-3-5-7-9-11-13-15-17-18-19-20-21-22-23-24-25-26-27-28-29-30-31-32-33-34-35-36-37-38-39-40-42-43-45-47-49-51-53-60(63)67-57-59(58-69-71(65,66)68-56-55-62)70-61(64)54-52-50-48-46-44-41-16-14-12-10-8-6-4-2/h6,8,12,14,19-20,41,44,59H,3-5,7,9-11,13,15-18,21-40,42-43,45-58,62H2,1-2H3,(H,65,66)/b8-6-,14-12-,20-19-,44-41-. The molecule has 416 valence electrons. The zero-order valence-corrected chi connectivity index (χ0v) is 47.4. The van der Waals surface area contributed by atoms with E-state index in [4.69, 9.17) is 24.3 Å². The zero-order valence-electron chi connectivity index (χ0n) is 46.5. The summed E-state index contributed by atoms with van der Waals surface area (Å²) in [6.45, 7) is 3.62. The van der Waals surface area contributed by atoms with Gasteiger partial charge < -0.3 is 20.1 Å².